The fraction of sp³-hybridized carbons (Fsp3) is 0.231. The summed E-state index contributed by atoms with van der Waals surface area (Å²) in [6, 6.07) is 8.19. The lowest BCUT2D eigenvalue weighted by molar-refractivity contribution is 0.617. The van der Waals surface area contributed by atoms with Crippen LogP contribution in [0.5, 0.6) is 0 Å². The molecule has 0 saturated heterocycles. The van der Waals surface area contributed by atoms with E-state index >= 15 is 0 Å². The third kappa shape index (κ3) is 3.62. The van der Waals surface area contributed by atoms with Crippen LogP contribution >= 0.6 is 0 Å². The Hall–Kier alpha value is -2.21. The highest BCUT2D eigenvalue weighted by Crippen LogP contribution is 2.11. The molecule has 0 amide bonds. The lowest BCUT2D eigenvalue weighted by atomic mass is 10.1. The fourth-order valence-corrected chi connectivity index (χ4v) is 1.75. The number of rotatable bonds is 5. The number of nitrogen functional groups attached to an aromatic ring is 1. The van der Waals surface area contributed by atoms with Crippen molar-refractivity contribution in [3.8, 4) is 0 Å². The number of nitrogens with one attached hydrogen (secondary N) is 2. The van der Waals surface area contributed by atoms with Gasteiger partial charge in [0.15, 0.2) is 11.6 Å². The van der Waals surface area contributed by atoms with Gasteiger partial charge in [-0.15, -0.1) is 0 Å². The summed E-state index contributed by atoms with van der Waals surface area (Å²) in [6.07, 6.45) is 1.87. The minimum Gasteiger partial charge on any atom is -0.367 e. The molecule has 0 unspecified atom stereocenters. The van der Waals surface area contributed by atoms with Crippen molar-refractivity contribution in [1.29, 1.82) is 0 Å². The number of benzene rings is 1. The first kappa shape index (κ1) is 13.2. The van der Waals surface area contributed by atoms with Gasteiger partial charge in [0, 0.05) is 6.54 Å². The minimum atomic E-state index is -0.497. The Labute approximate surface area is 111 Å². The van der Waals surface area contributed by atoms with Crippen LogP contribution in [0, 0.1) is 12.7 Å². The van der Waals surface area contributed by atoms with Crippen molar-refractivity contribution in [2.75, 3.05) is 17.3 Å². The van der Waals surface area contributed by atoms with E-state index in [0.717, 1.165) is 12.6 Å². The number of aromatic nitrogens is 2. The van der Waals surface area contributed by atoms with Crippen molar-refractivity contribution < 1.29 is 4.39 Å². The highest BCUT2D eigenvalue weighted by molar-refractivity contribution is 5.40. The quantitative estimate of drug-likeness (QED) is 0.566. The van der Waals surface area contributed by atoms with Gasteiger partial charge >= 0.3 is 0 Å². The first-order valence-corrected chi connectivity index (χ1v) is 5.97. The van der Waals surface area contributed by atoms with Gasteiger partial charge in [-0.3, -0.25) is 5.43 Å². The Morgan fingerprint density at radius 3 is 2.95 bits per heavy atom. The molecule has 100 valence electrons. The second-order valence-electron chi connectivity index (χ2n) is 4.20. The van der Waals surface area contributed by atoms with Crippen LogP contribution in [0.3, 0.4) is 0 Å². The molecular weight excluding hydrogens is 245 g/mol. The molecule has 2 rings (SSSR count). The summed E-state index contributed by atoms with van der Waals surface area (Å²) in [4.78, 5) is 7.58. The summed E-state index contributed by atoms with van der Waals surface area (Å²) in [7, 11) is 0. The summed E-state index contributed by atoms with van der Waals surface area (Å²) in [5, 5.41) is 2.93. The molecule has 1 aromatic carbocycles. The van der Waals surface area contributed by atoms with Gasteiger partial charge in [-0.05, 0) is 18.9 Å². The topological polar surface area (TPSA) is 75.9 Å². The molecule has 0 fully saturated rings. The number of halogens is 1. The zero-order valence-electron chi connectivity index (χ0n) is 10.7. The van der Waals surface area contributed by atoms with E-state index in [-0.39, 0.29) is 11.8 Å². The molecule has 0 atom stereocenters. The normalized spacial score (nSPS) is 10.3. The van der Waals surface area contributed by atoms with E-state index in [1.54, 1.807) is 0 Å². The summed E-state index contributed by atoms with van der Waals surface area (Å²) >= 11 is 0. The molecule has 2 aromatic rings. The van der Waals surface area contributed by atoms with Crippen LogP contribution in [0.15, 0.2) is 30.5 Å². The van der Waals surface area contributed by atoms with Crippen LogP contribution in [-0.4, -0.2) is 16.5 Å². The zero-order valence-corrected chi connectivity index (χ0v) is 10.7. The summed E-state index contributed by atoms with van der Waals surface area (Å²) in [6.45, 7) is 2.63. The van der Waals surface area contributed by atoms with Crippen molar-refractivity contribution in [1.82, 2.24) is 9.97 Å². The molecule has 0 aliphatic heterocycles. The van der Waals surface area contributed by atoms with E-state index in [9.17, 15) is 4.39 Å². The molecule has 0 saturated carbocycles. The Kier molecular flexibility index (Phi) is 4.25. The lowest BCUT2D eigenvalue weighted by Gasteiger charge is -2.08. The second-order valence-corrected chi connectivity index (χ2v) is 4.20. The molecule has 0 radical (unpaired) electrons. The Morgan fingerprint density at radius 1 is 1.37 bits per heavy atom. The summed E-state index contributed by atoms with van der Waals surface area (Å²) < 4.78 is 13.4. The van der Waals surface area contributed by atoms with E-state index in [4.69, 9.17) is 5.84 Å². The molecular formula is C13H16FN5. The van der Waals surface area contributed by atoms with Crippen LogP contribution in [0.25, 0.3) is 0 Å². The number of nitrogens with two attached hydrogens (primary N) is 1. The van der Waals surface area contributed by atoms with Crippen LogP contribution in [0.1, 0.15) is 11.1 Å². The van der Waals surface area contributed by atoms with Gasteiger partial charge in [-0.2, -0.15) is 4.98 Å². The van der Waals surface area contributed by atoms with Gasteiger partial charge < -0.3 is 5.32 Å². The molecule has 1 heterocycles. The van der Waals surface area contributed by atoms with E-state index in [2.05, 4.69) is 26.8 Å². The van der Waals surface area contributed by atoms with Crippen LogP contribution in [0.4, 0.5) is 16.2 Å². The van der Waals surface area contributed by atoms with Crippen molar-refractivity contribution in [3.05, 3.63) is 47.4 Å². The summed E-state index contributed by atoms with van der Waals surface area (Å²) in [5.41, 5.74) is 4.68. The molecule has 19 heavy (non-hydrogen) atoms. The maximum absolute atomic E-state index is 13.4. The Balaban J connectivity index is 1.95. The maximum atomic E-state index is 13.4. The minimum absolute atomic E-state index is 0.149. The molecule has 0 bridgehead atoms. The number of hydrogen-bond donors (Lipinski definition) is 3. The number of anilines is 2. The van der Waals surface area contributed by atoms with Crippen molar-refractivity contribution >= 4 is 11.8 Å². The number of nitrogens with zero attached hydrogens (tertiary/aromatic N) is 2. The average molecular weight is 261 g/mol. The third-order valence-electron chi connectivity index (χ3n) is 2.66. The van der Waals surface area contributed by atoms with Gasteiger partial charge in [-0.25, -0.2) is 15.2 Å². The summed E-state index contributed by atoms with van der Waals surface area (Å²) in [5.74, 6) is 5.01. The van der Waals surface area contributed by atoms with E-state index in [1.807, 2.05) is 25.1 Å². The predicted octanol–water partition coefficient (Wildman–Crippen LogP) is 1.86. The monoisotopic (exact) mass is 261 g/mol. The molecule has 1 aromatic heterocycles. The van der Waals surface area contributed by atoms with Gasteiger partial charge in [0.05, 0.1) is 6.20 Å². The Morgan fingerprint density at radius 2 is 2.21 bits per heavy atom. The lowest BCUT2D eigenvalue weighted by Crippen LogP contribution is -2.14. The van der Waals surface area contributed by atoms with Crippen LogP contribution in [-0.2, 0) is 6.42 Å². The van der Waals surface area contributed by atoms with Crippen molar-refractivity contribution in [2.24, 2.45) is 5.84 Å². The van der Waals surface area contributed by atoms with E-state index in [1.165, 1.54) is 11.1 Å². The van der Waals surface area contributed by atoms with Gasteiger partial charge in [0.2, 0.25) is 5.95 Å². The van der Waals surface area contributed by atoms with Crippen LogP contribution in [0.2, 0.25) is 0 Å². The third-order valence-corrected chi connectivity index (χ3v) is 2.66. The van der Waals surface area contributed by atoms with Crippen LogP contribution < -0.4 is 16.6 Å². The van der Waals surface area contributed by atoms with Crippen molar-refractivity contribution in [3.63, 3.8) is 0 Å². The zero-order chi connectivity index (χ0) is 13.7. The smallest absolute Gasteiger partial charge is 0.239 e. The highest BCUT2D eigenvalue weighted by Gasteiger charge is 2.05. The van der Waals surface area contributed by atoms with Crippen molar-refractivity contribution in [2.45, 2.75) is 13.3 Å². The highest BCUT2D eigenvalue weighted by atomic mass is 19.1. The SMILES string of the molecule is Cc1cccc(CCNc2nc(NN)ncc2F)c1. The molecule has 5 nitrogen and oxygen atoms in total. The van der Waals surface area contributed by atoms with Gasteiger partial charge in [-0.1, -0.05) is 29.8 Å². The average Bonchev–Trinajstić information content (AvgIpc) is 2.41. The Bertz CT molecular complexity index is 558. The maximum Gasteiger partial charge on any atom is 0.239 e. The van der Waals surface area contributed by atoms with E-state index in [0.29, 0.717) is 6.54 Å². The first-order valence-electron chi connectivity index (χ1n) is 5.97. The number of hydrogen-bond acceptors (Lipinski definition) is 5. The van der Waals surface area contributed by atoms with Gasteiger partial charge in [0.1, 0.15) is 0 Å². The largest absolute Gasteiger partial charge is 0.367 e. The standard InChI is InChI=1S/C13H16FN5/c1-9-3-2-4-10(7-9)5-6-16-12-11(14)8-17-13(18-12)19-15/h2-4,7-8H,5-6,15H2,1H3,(H2,16,17,18,19). The predicted molar refractivity (Wildman–Crippen MR) is 73.2 cm³/mol. The van der Waals surface area contributed by atoms with Gasteiger partial charge in [0.25, 0.3) is 0 Å². The number of hydrazine groups is 1. The second kappa shape index (κ2) is 6.10. The molecule has 4 N–H and O–H groups in total. The molecule has 0 spiro atoms. The first-order chi connectivity index (χ1) is 9.19. The molecule has 0 aliphatic rings. The fourth-order valence-electron chi connectivity index (χ4n) is 1.75. The number of aryl methyl sites for hydroxylation is 1. The van der Waals surface area contributed by atoms with E-state index < -0.39 is 5.82 Å². The molecule has 0 aliphatic carbocycles. The molecule has 6 heteroatoms.